The highest BCUT2D eigenvalue weighted by atomic mass is 16.6. The van der Waals surface area contributed by atoms with E-state index in [1.807, 2.05) is 4.90 Å². The summed E-state index contributed by atoms with van der Waals surface area (Å²) in [6.07, 6.45) is 3.23. The zero-order chi connectivity index (χ0) is 16.4. The molecule has 0 bridgehead atoms. The van der Waals surface area contributed by atoms with Crippen molar-refractivity contribution in [3.8, 4) is 0 Å². The molecule has 122 valence electrons. The van der Waals surface area contributed by atoms with Crippen molar-refractivity contribution in [3.63, 3.8) is 0 Å². The average Bonchev–Trinajstić information content (AvgIpc) is 2.66. The van der Waals surface area contributed by atoms with E-state index in [2.05, 4.69) is 56.3 Å². The highest BCUT2D eigenvalue weighted by Crippen LogP contribution is 2.44. The Kier molecular flexibility index (Phi) is 5.80. The second-order valence-corrected chi connectivity index (χ2v) is 8.75. The molecule has 0 aliphatic carbocycles. The van der Waals surface area contributed by atoms with Crippen LogP contribution < -0.4 is 0 Å². The van der Waals surface area contributed by atoms with E-state index in [0.717, 1.165) is 12.8 Å². The molecule has 21 heavy (non-hydrogen) atoms. The SMILES string of the molecule is BC(C)(CCC1COC(=O)N1C(C)C)CC(C)(C)C(C)C. The Morgan fingerprint density at radius 3 is 2.33 bits per heavy atom. The summed E-state index contributed by atoms with van der Waals surface area (Å²) in [4.78, 5) is 13.7. The number of carbonyl (C=O) groups excluding carboxylic acids is 1. The standard InChI is InChI=1S/C17H34BNO2/c1-12(2)16(5,6)11-17(7,18)9-8-14-10-21-15(20)19(14)13(3)4/h12-14H,8-11,18H2,1-7H3. The van der Waals surface area contributed by atoms with Gasteiger partial charge in [-0.3, -0.25) is 4.90 Å². The minimum Gasteiger partial charge on any atom is -0.447 e. The third-order valence-electron chi connectivity index (χ3n) is 5.21. The molecule has 1 aliphatic heterocycles. The van der Waals surface area contributed by atoms with Crippen molar-refractivity contribution in [1.29, 1.82) is 0 Å². The number of cyclic esters (lactones) is 1. The lowest BCUT2D eigenvalue weighted by Crippen LogP contribution is -2.39. The second-order valence-electron chi connectivity index (χ2n) is 8.75. The van der Waals surface area contributed by atoms with Gasteiger partial charge in [-0.1, -0.05) is 46.4 Å². The first-order valence-electron chi connectivity index (χ1n) is 8.41. The smallest absolute Gasteiger partial charge is 0.410 e. The van der Waals surface area contributed by atoms with Gasteiger partial charge in [0.05, 0.1) is 6.04 Å². The third-order valence-corrected chi connectivity index (χ3v) is 5.21. The quantitative estimate of drug-likeness (QED) is 0.667. The van der Waals surface area contributed by atoms with Crippen molar-refractivity contribution in [2.75, 3.05) is 6.61 Å². The van der Waals surface area contributed by atoms with Gasteiger partial charge >= 0.3 is 6.09 Å². The summed E-state index contributed by atoms with van der Waals surface area (Å²) in [6, 6.07) is 0.471. The highest BCUT2D eigenvalue weighted by Gasteiger charge is 2.37. The predicted octanol–water partition coefficient (Wildman–Crippen LogP) is 3.88. The summed E-state index contributed by atoms with van der Waals surface area (Å²) in [7, 11) is 2.36. The van der Waals surface area contributed by atoms with Gasteiger partial charge in [-0.25, -0.2) is 4.79 Å². The Morgan fingerprint density at radius 1 is 1.29 bits per heavy atom. The minimum atomic E-state index is -0.143. The number of carbonyl (C=O) groups is 1. The number of hydrogen-bond donors (Lipinski definition) is 0. The molecule has 0 aromatic rings. The van der Waals surface area contributed by atoms with Crippen LogP contribution in [-0.4, -0.2) is 37.5 Å². The number of hydrogen-bond acceptors (Lipinski definition) is 2. The van der Waals surface area contributed by atoms with Crippen molar-refractivity contribution < 1.29 is 9.53 Å². The molecule has 1 saturated heterocycles. The van der Waals surface area contributed by atoms with Crippen LogP contribution in [0.25, 0.3) is 0 Å². The van der Waals surface area contributed by atoms with Crippen LogP contribution in [-0.2, 0) is 4.74 Å². The fourth-order valence-electron chi connectivity index (χ4n) is 3.41. The molecule has 0 aromatic heterocycles. The summed E-state index contributed by atoms with van der Waals surface area (Å²) >= 11 is 0. The van der Waals surface area contributed by atoms with Crippen LogP contribution in [0, 0.1) is 11.3 Å². The van der Waals surface area contributed by atoms with Crippen LogP contribution >= 0.6 is 0 Å². The molecule has 0 spiro atoms. The topological polar surface area (TPSA) is 29.5 Å². The predicted molar refractivity (Wildman–Crippen MR) is 91.5 cm³/mol. The lowest BCUT2D eigenvalue weighted by atomic mass is 9.57. The molecule has 1 rings (SSSR count). The van der Waals surface area contributed by atoms with Crippen molar-refractivity contribution in [1.82, 2.24) is 4.90 Å². The van der Waals surface area contributed by atoms with Crippen molar-refractivity contribution >= 4 is 13.9 Å². The van der Waals surface area contributed by atoms with Crippen LogP contribution in [0.1, 0.15) is 67.7 Å². The molecule has 2 unspecified atom stereocenters. The van der Waals surface area contributed by atoms with Gasteiger partial charge in [0, 0.05) is 6.04 Å². The summed E-state index contributed by atoms with van der Waals surface area (Å²) in [5, 5.41) is 0.294. The van der Waals surface area contributed by atoms with E-state index in [-0.39, 0.29) is 18.2 Å². The molecule has 1 heterocycles. The fraction of sp³-hybridized carbons (Fsp3) is 0.941. The van der Waals surface area contributed by atoms with Crippen LogP contribution in [0.3, 0.4) is 0 Å². The maximum atomic E-state index is 11.8. The lowest BCUT2D eigenvalue weighted by Gasteiger charge is -2.39. The van der Waals surface area contributed by atoms with Gasteiger partial charge in [-0.05, 0) is 38.0 Å². The molecule has 0 aromatic carbocycles. The molecule has 1 amide bonds. The van der Waals surface area contributed by atoms with Crippen LogP contribution in [0.4, 0.5) is 4.79 Å². The van der Waals surface area contributed by atoms with Crippen LogP contribution in [0.2, 0.25) is 5.31 Å². The highest BCUT2D eigenvalue weighted by molar-refractivity contribution is 6.14. The van der Waals surface area contributed by atoms with Crippen molar-refractivity contribution in [2.24, 2.45) is 11.3 Å². The zero-order valence-corrected chi connectivity index (χ0v) is 15.3. The van der Waals surface area contributed by atoms with E-state index >= 15 is 0 Å². The largest absolute Gasteiger partial charge is 0.447 e. The van der Waals surface area contributed by atoms with E-state index in [1.165, 1.54) is 6.42 Å². The first-order valence-corrected chi connectivity index (χ1v) is 8.41. The number of rotatable bonds is 7. The Balaban J connectivity index is 2.59. The van der Waals surface area contributed by atoms with Crippen LogP contribution in [0.5, 0.6) is 0 Å². The third kappa shape index (κ3) is 4.93. The number of nitrogens with zero attached hydrogens (tertiary/aromatic N) is 1. The first-order chi connectivity index (χ1) is 9.46. The summed E-state index contributed by atoms with van der Waals surface area (Å²) in [6.45, 7) is 16.4. The molecule has 0 N–H and O–H groups in total. The molecule has 4 heteroatoms. The Hall–Kier alpha value is -0.665. The molecule has 3 nitrogen and oxygen atoms in total. The maximum Gasteiger partial charge on any atom is 0.410 e. The second kappa shape index (κ2) is 6.62. The monoisotopic (exact) mass is 295 g/mol. The Bertz CT molecular complexity index is 364. The van der Waals surface area contributed by atoms with Gasteiger partial charge < -0.3 is 4.74 Å². The first kappa shape index (κ1) is 18.4. The molecule has 1 aliphatic rings. The van der Waals surface area contributed by atoms with Gasteiger partial charge in [0.1, 0.15) is 14.5 Å². The molecular weight excluding hydrogens is 261 g/mol. The van der Waals surface area contributed by atoms with Gasteiger partial charge in [-0.15, -0.1) is 0 Å². The van der Waals surface area contributed by atoms with E-state index in [9.17, 15) is 4.79 Å². The van der Waals surface area contributed by atoms with Gasteiger partial charge in [-0.2, -0.15) is 0 Å². The van der Waals surface area contributed by atoms with Gasteiger partial charge in [0.25, 0.3) is 0 Å². The molecule has 0 saturated carbocycles. The summed E-state index contributed by atoms with van der Waals surface area (Å²) < 4.78 is 5.23. The number of amides is 1. The molecule has 2 atom stereocenters. The molecule has 0 radical (unpaired) electrons. The molecule has 1 fully saturated rings. The maximum absolute atomic E-state index is 11.8. The fourth-order valence-corrected chi connectivity index (χ4v) is 3.41. The van der Waals surface area contributed by atoms with E-state index in [1.54, 1.807) is 0 Å². The van der Waals surface area contributed by atoms with Gasteiger partial charge in [0.2, 0.25) is 0 Å². The number of ether oxygens (including phenoxy) is 1. The van der Waals surface area contributed by atoms with Crippen LogP contribution in [0.15, 0.2) is 0 Å². The zero-order valence-electron chi connectivity index (χ0n) is 15.3. The van der Waals surface area contributed by atoms with Crippen molar-refractivity contribution in [3.05, 3.63) is 0 Å². The van der Waals surface area contributed by atoms with Gasteiger partial charge in [0.15, 0.2) is 0 Å². The van der Waals surface area contributed by atoms with E-state index < -0.39 is 0 Å². The average molecular weight is 295 g/mol. The van der Waals surface area contributed by atoms with Crippen molar-refractivity contribution in [2.45, 2.75) is 85.1 Å². The van der Waals surface area contributed by atoms with E-state index in [4.69, 9.17) is 4.74 Å². The Morgan fingerprint density at radius 2 is 1.86 bits per heavy atom. The summed E-state index contributed by atoms with van der Waals surface area (Å²) in [5.41, 5.74) is 0.350. The lowest BCUT2D eigenvalue weighted by molar-refractivity contribution is 0.148. The normalized spacial score (nSPS) is 22.8. The molecular formula is C17H34BNO2. The van der Waals surface area contributed by atoms with E-state index in [0.29, 0.717) is 23.3 Å². The summed E-state index contributed by atoms with van der Waals surface area (Å²) in [5.74, 6) is 0.681. The minimum absolute atomic E-state index is 0.143. The Labute approximate surface area is 132 Å².